The highest BCUT2D eigenvalue weighted by Crippen LogP contribution is 2.24. The molecule has 1 heterocycles. The van der Waals surface area contributed by atoms with Gasteiger partial charge >= 0.3 is 0 Å². The number of nitrogens with zero attached hydrogens (tertiary/aromatic N) is 1. The molecule has 0 bridgehead atoms. The minimum atomic E-state index is 0.227. The topological polar surface area (TPSA) is 31.1 Å². The second-order valence-electron chi connectivity index (χ2n) is 4.61. The van der Waals surface area contributed by atoms with Crippen molar-refractivity contribution in [2.75, 3.05) is 25.5 Å². The summed E-state index contributed by atoms with van der Waals surface area (Å²) in [7, 11) is 4.13. The first-order valence-corrected chi connectivity index (χ1v) is 6.36. The van der Waals surface area contributed by atoms with E-state index in [0.29, 0.717) is 0 Å². The van der Waals surface area contributed by atoms with Crippen molar-refractivity contribution in [2.45, 2.75) is 13.0 Å². The Bertz CT molecular complexity index is 474. The Morgan fingerprint density at radius 2 is 2.06 bits per heavy atom. The Morgan fingerprint density at radius 1 is 1.22 bits per heavy atom. The molecule has 1 atom stereocenters. The first kappa shape index (κ1) is 12.7. The lowest BCUT2D eigenvalue weighted by Crippen LogP contribution is -2.22. The van der Waals surface area contributed by atoms with E-state index in [1.165, 1.54) is 16.9 Å². The summed E-state index contributed by atoms with van der Waals surface area (Å²) in [6.45, 7) is 3.07. The second-order valence-corrected chi connectivity index (χ2v) is 4.61. The van der Waals surface area contributed by atoms with Gasteiger partial charge in [0.25, 0.3) is 0 Å². The fourth-order valence-electron chi connectivity index (χ4n) is 2.12. The predicted octanol–water partition coefficient (Wildman–Crippen LogP) is 2.78. The third-order valence-corrected chi connectivity index (χ3v) is 3.06. The molecule has 0 saturated heterocycles. The molecule has 2 rings (SSSR count). The van der Waals surface area contributed by atoms with Crippen LogP contribution in [0.2, 0.25) is 0 Å². The number of nitrogens with one attached hydrogen (secondary N) is 2. The maximum atomic E-state index is 3.52. The van der Waals surface area contributed by atoms with Crippen LogP contribution in [-0.4, -0.2) is 25.6 Å². The van der Waals surface area contributed by atoms with Crippen molar-refractivity contribution < 1.29 is 0 Å². The van der Waals surface area contributed by atoms with Gasteiger partial charge in [0.1, 0.15) is 0 Å². The molecule has 2 aromatic rings. The first-order chi connectivity index (χ1) is 8.72. The maximum absolute atomic E-state index is 3.52. The van der Waals surface area contributed by atoms with Crippen LogP contribution in [0.15, 0.2) is 42.6 Å². The van der Waals surface area contributed by atoms with E-state index in [-0.39, 0.29) is 6.04 Å². The summed E-state index contributed by atoms with van der Waals surface area (Å²) >= 11 is 0. The van der Waals surface area contributed by atoms with Gasteiger partial charge in [-0.15, -0.1) is 0 Å². The zero-order valence-corrected chi connectivity index (χ0v) is 11.3. The third-order valence-electron chi connectivity index (χ3n) is 3.06. The number of aromatic nitrogens is 1. The molecule has 0 aliphatic heterocycles. The number of aromatic amines is 1. The highest BCUT2D eigenvalue weighted by Gasteiger charge is 2.14. The summed E-state index contributed by atoms with van der Waals surface area (Å²) in [5, 5.41) is 3.52. The quantitative estimate of drug-likeness (QED) is 0.846. The van der Waals surface area contributed by atoms with Crippen LogP contribution in [0.4, 0.5) is 5.69 Å². The van der Waals surface area contributed by atoms with Crippen molar-refractivity contribution in [1.29, 1.82) is 0 Å². The van der Waals surface area contributed by atoms with E-state index in [1.807, 2.05) is 12.3 Å². The van der Waals surface area contributed by atoms with Crippen LogP contribution in [0, 0.1) is 0 Å². The van der Waals surface area contributed by atoms with Crippen LogP contribution in [-0.2, 0) is 0 Å². The van der Waals surface area contributed by atoms with Crippen LogP contribution < -0.4 is 10.2 Å². The van der Waals surface area contributed by atoms with E-state index >= 15 is 0 Å². The number of benzene rings is 1. The van der Waals surface area contributed by atoms with E-state index in [0.717, 1.165) is 6.54 Å². The lowest BCUT2D eigenvalue weighted by Gasteiger charge is -2.20. The molecule has 0 spiro atoms. The molecule has 0 saturated carbocycles. The standard InChI is InChI=1S/C15H21N3/c1-4-16-15(14-9-6-10-17-14)12-7-5-8-13(11-12)18(2)3/h5-11,15-17H,4H2,1-3H3. The Labute approximate surface area is 109 Å². The van der Waals surface area contributed by atoms with Crippen molar-refractivity contribution in [1.82, 2.24) is 10.3 Å². The van der Waals surface area contributed by atoms with Crippen molar-refractivity contribution >= 4 is 5.69 Å². The lowest BCUT2D eigenvalue weighted by atomic mass is 10.0. The van der Waals surface area contributed by atoms with E-state index in [1.54, 1.807) is 0 Å². The highest BCUT2D eigenvalue weighted by atomic mass is 15.1. The molecule has 18 heavy (non-hydrogen) atoms. The minimum Gasteiger partial charge on any atom is -0.378 e. The molecular formula is C15H21N3. The maximum Gasteiger partial charge on any atom is 0.0729 e. The average molecular weight is 243 g/mol. The molecule has 1 unspecified atom stereocenters. The smallest absolute Gasteiger partial charge is 0.0729 e. The van der Waals surface area contributed by atoms with Gasteiger partial charge in [-0.05, 0) is 36.4 Å². The van der Waals surface area contributed by atoms with Crippen LogP contribution in [0.5, 0.6) is 0 Å². The molecule has 96 valence electrons. The SMILES string of the molecule is CCNC(c1cccc(N(C)C)c1)c1ccc[nH]1. The van der Waals surface area contributed by atoms with E-state index < -0.39 is 0 Å². The fraction of sp³-hybridized carbons (Fsp3) is 0.333. The van der Waals surface area contributed by atoms with Gasteiger partial charge in [-0.1, -0.05) is 19.1 Å². The normalized spacial score (nSPS) is 12.4. The number of hydrogen-bond acceptors (Lipinski definition) is 2. The summed E-state index contributed by atoms with van der Waals surface area (Å²) in [6, 6.07) is 13.0. The van der Waals surface area contributed by atoms with E-state index in [4.69, 9.17) is 0 Å². The Kier molecular flexibility index (Phi) is 4.05. The monoisotopic (exact) mass is 243 g/mol. The molecule has 3 heteroatoms. The molecule has 2 N–H and O–H groups in total. The van der Waals surface area contributed by atoms with Gasteiger partial charge in [0.2, 0.25) is 0 Å². The average Bonchev–Trinajstić information content (AvgIpc) is 2.89. The fourth-order valence-corrected chi connectivity index (χ4v) is 2.12. The first-order valence-electron chi connectivity index (χ1n) is 6.36. The predicted molar refractivity (Wildman–Crippen MR) is 77.1 cm³/mol. The van der Waals surface area contributed by atoms with Crippen LogP contribution in [0.1, 0.15) is 24.2 Å². The Hall–Kier alpha value is -1.74. The summed E-state index contributed by atoms with van der Waals surface area (Å²) in [5.74, 6) is 0. The van der Waals surface area contributed by atoms with Gasteiger partial charge in [0, 0.05) is 31.7 Å². The number of H-pyrrole nitrogens is 1. The Balaban J connectivity index is 2.34. The summed E-state index contributed by atoms with van der Waals surface area (Å²) in [5.41, 5.74) is 3.71. The highest BCUT2D eigenvalue weighted by molar-refractivity contribution is 5.48. The number of hydrogen-bond donors (Lipinski definition) is 2. The van der Waals surface area contributed by atoms with Crippen molar-refractivity contribution in [3.05, 3.63) is 53.9 Å². The number of rotatable bonds is 5. The molecule has 0 aliphatic carbocycles. The van der Waals surface area contributed by atoms with Crippen molar-refractivity contribution in [3.63, 3.8) is 0 Å². The van der Waals surface area contributed by atoms with Gasteiger partial charge < -0.3 is 15.2 Å². The molecule has 0 radical (unpaired) electrons. The molecule has 1 aromatic carbocycles. The molecule has 3 nitrogen and oxygen atoms in total. The third kappa shape index (κ3) is 2.74. The summed E-state index contributed by atoms with van der Waals surface area (Å²) in [4.78, 5) is 5.42. The zero-order valence-electron chi connectivity index (χ0n) is 11.3. The van der Waals surface area contributed by atoms with Gasteiger partial charge in [-0.2, -0.15) is 0 Å². The van der Waals surface area contributed by atoms with Gasteiger partial charge in [0.05, 0.1) is 6.04 Å². The minimum absolute atomic E-state index is 0.227. The van der Waals surface area contributed by atoms with Crippen LogP contribution in [0.25, 0.3) is 0 Å². The summed E-state index contributed by atoms with van der Waals surface area (Å²) in [6.07, 6.45) is 1.97. The molecule has 1 aromatic heterocycles. The summed E-state index contributed by atoms with van der Waals surface area (Å²) < 4.78 is 0. The second kappa shape index (κ2) is 5.74. The molecule has 0 fully saturated rings. The van der Waals surface area contributed by atoms with Crippen molar-refractivity contribution in [3.8, 4) is 0 Å². The molecule has 0 amide bonds. The largest absolute Gasteiger partial charge is 0.378 e. The van der Waals surface area contributed by atoms with Gasteiger partial charge in [-0.25, -0.2) is 0 Å². The van der Waals surface area contributed by atoms with Gasteiger partial charge in [-0.3, -0.25) is 0 Å². The van der Waals surface area contributed by atoms with Crippen LogP contribution in [0.3, 0.4) is 0 Å². The molecule has 0 aliphatic rings. The van der Waals surface area contributed by atoms with Gasteiger partial charge in [0.15, 0.2) is 0 Å². The molecular weight excluding hydrogens is 222 g/mol. The number of anilines is 1. The zero-order chi connectivity index (χ0) is 13.0. The van der Waals surface area contributed by atoms with E-state index in [9.17, 15) is 0 Å². The van der Waals surface area contributed by atoms with Crippen LogP contribution >= 0.6 is 0 Å². The van der Waals surface area contributed by atoms with Crippen molar-refractivity contribution in [2.24, 2.45) is 0 Å². The van der Waals surface area contributed by atoms with E-state index in [2.05, 4.69) is 66.6 Å². The Morgan fingerprint density at radius 3 is 2.67 bits per heavy atom. The lowest BCUT2D eigenvalue weighted by molar-refractivity contribution is 0.618.